The molecule has 308 valence electrons. The van der Waals surface area contributed by atoms with Crippen molar-refractivity contribution in [1.29, 1.82) is 5.26 Å². The molecule has 0 radical (unpaired) electrons. The van der Waals surface area contributed by atoms with E-state index < -0.39 is 35.7 Å². The summed E-state index contributed by atoms with van der Waals surface area (Å²) in [5.74, 6) is -2.30. The van der Waals surface area contributed by atoms with Gasteiger partial charge in [-0.1, -0.05) is 47.5 Å². The molecule has 3 aliphatic heterocycles. The van der Waals surface area contributed by atoms with Crippen LogP contribution in [0.2, 0.25) is 10.0 Å². The van der Waals surface area contributed by atoms with Gasteiger partial charge in [0.25, 0.3) is 0 Å². The number of nitrogens with zero attached hydrogens (tertiary/aromatic N) is 6. The van der Waals surface area contributed by atoms with E-state index in [-0.39, 0.29) is 81.9 Å². The van der Waals surface area contributed by atoms with Crippen molar-refractivity contribution in [2.24, 2.45) is 5.92 Å². The molecular formula is C45H40Cl2F3N7O3. The normalized spacial score (nSPS) is 20.9. The average Bonchev–Trinajstić information content (AvgIpc) is 4.05. The summed E-state index contributed by atoms with van der Waals surface area (Å²) in [6, 6.07) is 18.4. The Morgan fingerprint density at radius 2 is 1.83 bits per heavy atom. The van der Waals surface area contributed by atoms with E-state index in [9.17, 15) is 10.1 Å². The molecule has 60 heavy (non-hydrogen) atoms. The number of nitrogens with one attached hydrogen (secondary N) is 1. The van der Waals surface area contributed by atoms with Crippen LogP contribution in [0, 0.1) is 34.7 Å². The zero-order chi connectivity index (χ0) is 42.0. The third-order valence-corrected chi connectivity index (χ3v) is 12.9. The minimum absolute atomic E-state index is 0.0284. The van der Waals surface area contributed by atoms with Gasteiger partial charge in [0.1, 0.15) is 11.6 Å². The predicted octanol–water partition coefficient (Wildman–Crippen LogP) is 9.65. The molecule has 3 aromatic carbocycles. The number of hydrogen-bond acceptors (Lipinski definition) is 8. The molecule has 4 fully saturated rings. The smallest absolute Gasteiger partial charge is 0.410 e. The number of hydrogen-bond donors (Lipinski definition) is 1. The molecule has 4 aliphatic rings. The van der Waals surface area contributed by atoms with Crippen LogP contribution in [0.4, 0.5) is 18.0 Å². The van der Waals surface area contributed by atoms with Crippen molar-refractivity contribution in [1.82, 2.24) is 29.7 Å². The van der Waals surface area contributed by atoms with Crippen LogP contribution in [-0.2, 0) is 17.7 Å². The maximum Gasteiger partial charge on any atom is 0.410 e. The van der Waals surface area contributed by atoms with Gasteiger partial charge in [-0.05, 0) is 68.8 Å². The molecule has 0 spiro atoms. The van der Waals surface area contributed by atoms with E-state index in [2.05, 4.69) is 20.9 Å². The molecule has 10 rings (SSSR count). The summed E-state index contributed by atoms with van der Waals surface area (Å²) in [5.41, 5.74) is 2.08. The number of aryl methyl sites for hydroxylation is 1. The Balaban J connectivity index is 1.37. The Kier molecular flexibility index (Phi) is 10.6. The Hall–Kier alpha value is -5.39. The van der Waals surface area contributed by atoms with E-state index in [0.717, 1.165) is 13.0 Å². The van der Waals surface area contributed by atoms with Crippen LogP contribution in [-0.4, -0.2) is 76.9 Å². The molecule has 6 aromatic rings. The number of halogens is 5. The molecule has 1 aliphatic carbocycles. The summed E-state index contributed by atoms with van der Waals surface area (Å²) < 4.78 is 64.2. The fourth-order valence-corrected chi connectivity index (χ4v) is 9.85. The number of carbonyl (C=O) groups excluding carboxylic acids is 1. The first-order valence-electron chi connectivity index (χ1n) is 19.8. The fourth-order valence-electron chi connectivity index (χ4n) is 9.46. The molecular weight excluding hydrogens is 814 g/mol. The maximum absolute atomic E-state index is 17.8. The van der Waals surface area contributed by atoms with Crippen molar-refractivity contribution in [2.45, 2.75) is 56.5 Å². The van der Waals surface area contributed by atoms with E-state index in [0.29, 0.717) is 45.4 Å². The third-order valence-electron chi connectivity index (χ3n) is 12.1. The first kappa shape index (κ1) is 40.0. The SMILES string of the molecule is COC(=O)N1C[C@@H](Oc2ccccn2)C[C@@H]1c1cc2c(-c3ccc(CN(C)C)c(F)c3F)nc3c(F)c(-c4cccc(Cl)c4Cl)c(CCC#N)cc3c2n1[C@H]1[C@H]2CN[C@@H]1C2. The molecule has 5 atom stereocenters. The number of fused-ring (bicyclic) bond motifs is 4. The summed E-state index contributed by atoms with van der Waals surface area (Å²) in [7, 11) is 4.84. The highest BCUT2D eigenvalue weighted by Crippen LogP contribution is 2.52. The van der Waals surface area contributed by atoms with Crippen molar-refractivity contribution in [3.8, 4) is 34.3 Å². The number of methoxy groups -OCH3 is 1. The van der Waals surface area contributed by atoms with Gasteiger partial charge in [-0.25, -0.2) is 27.9 Å². The van der Waals surface area contributed by atoms with E-state index >= 15 is 13.2 Å². The second-order valence-electron chi connectivity index (χ2n) is 16.0. The third kappa shape index (κ3) is 6.70. The van der Waals surface area contributed by atoms with Gasteiger partial charge in [0.2, 0.25) is 5.88 Å². The van der Waals surface area contributed by atoms with Crippen LogP contribution in [0.25, 0.3) is 44.2 Å². The highest BCUT2D eigenvalue weighted by atomic mass is 35.5. The zero-order valence-electron chi connectivity index (χ0n) is 33.0. The minimum Gasteiger partial charge on any atom is -0.472 e. The quantitative estimate of drug-likeness (QED) is 0.145. The monoisotopic (exact) mass is 853 g/mol. The van der Waals surface area contributed by atoms with Crippen LogP contribution in [0.15, 0.2) is 66.9 Å². The molecule has 2 bridgehead atoms. The number of amides is 1. The Bertz CT molecular complexity index is 2710. The van der Waals surface area contributed by atoms with Crippen LogP contribution < -0.4 is 10.1 Å². The van der Waals surface area contributed by atoms with Crippen molar-refractivity contribution < 1.29 is 27.4 Å². The van der Waals surface area contributed by atoms with E-state index in [1.165, 1.54) is 19.2 Å². The highest BCUT2D eigenvalue weighted by Gasteiger charge is 2.51. The number of aromatic nitrogens is 3. The summed E-state index contributed by atoms with van der Waals surface area (Å²) in [4.78, 5) is 26.2. The van der Waals surface area contributed by atoms with Gasteiger partial charge in [-0.2, -0.15) is 5.26 Å². The maximum atomic E-state index is 17.8. The topological polar surface area (TPSA) is 109 Å². The van der Waals surface area contributed by atoms with E-state index in [1.807, 2.05) is 18.2 Å². The van der Waals surface area contributed by atoms with Gasteiger partial charge in [-0.3, -0.25) is 4.90 Å². The zero-order valence-corrected chi connectivity index (χ0v) is 34.5. The summed E-state index contributed by atoms with van der Waals surface area (Å²) in [5, 5.41) is 14.5. The Labute approximate surface area is 354 Å². The van der Waals surface area contributed by atoms with Gasteiger partial charge in [0.15, 0.2) is 17.5 Å². The van der Waals surface area contributed by atoms with Gasteiger partial charge in [0, 0.05) is 83.0 Å². The Morgan fingerprint density at radius 3 is 2.53 bits per heavy atom. The van der Waals surface area contributed by atoms with Crippen LogP contribution >= 0.6 is 23.2 Å². The molecule has 3 aromatic heterocycles. The molecule has 0 unspecified atom stereocenters. The summed E-state index contributed by atoms with van der Waals surface area (Å²) in [6.07, 6.45) is 2.08. The lowest BCUT2D eigenvalue weighted by Crippen LogP contribution is -2.41. The Morgan fingerprint density at radius 1 is 1.00 bits per heavy atom. The number of nitriles is 1. The summed E-state index contributed by atoms with van der Waals surface area (Å²) in [6.45, 7) is 1.08. The van der Waals surface area contributed by atoms with Gasteiger partial charge in [0.05, 0.1) is 53.1 Å². The first-order valence-corrected chi connectivity index (χ1v) is 20.5. The molecule has 1 amide bonds. The van der Waals surface area contributed by atoms with Crippen molar-refractivity contribution in [3.63, 3.8) is 0 Å². The van der Waals surface area contributed by atoms with Crippen LogP contribution in [0.5, 0.6) is 5.88 Å². The van der Waals surface area contributed by atoms with Crippen molar-refractivity contribution in [2.75, 3.05) is 34.3 Å². The van der Waals surface area contributed by atoms with Gasteiger partial charge >= 0.3 is 6.09 Å². The summed E-state index contributed by atoms with van der Waals surface area (Å²) >= 11 is 13.2. The van der Waals surface area contributed by atoms with Crippen LogP contribution in [0.3, 0.4) is 0 Å². The second-order valence-corrected chi connectivity index (χ2v) is 16.7. The number of carbonyl (C=O) groups is 1. The minimum atomic E-state index is -1.12. The average molecular weight is 855 g/mol. The molecule has 6 heterocycles. The number of pyridine rings is 2. The molecule has 1 saturated carbocycles. The molecule has 15 heteroatoms. The standard InChI is InChI=1S/C45H40Cl2F3N7O3/c1-55(2)21-24-12-13-28(39(49)38(24)48)41-30-19-34(33-18-26(22-56(33)45(58)59-3)60-35-11-4-5-15-52-35)57(43-25-17-32(43)53-20-25)44(30)29-16-23(8-7-14-51)36(40(50)42(29)54-41)27-9-6-10-31(46)37(27)47/h4-6,9-13,15-16,19,25-26,32-33,43,53H,7-8,17-18,20-22H2,1-3H3/t25-,26+,32-,33-,43+/m1/s1. The van der Waals surface area contributed by atoms with E-state index in [1.54, 1.807) is 60.4 Å². The lowest BCUT2D eigenvalue weighted by Gasteiger charge is -2.39. The van der Waals surface area contributed by atoms with Crippen molar-refractivity contribution in [3.05, 3.63) is 111 Å². The molecule has 1 N–H and O–H groups in total. The molecule has 3 saturated heterocycles. The number of rotatable bonds is 10. The van der Waals surface area contributed by atoms with Crippen molar-refractivity contribution >= 4 is 51.1 Å². The van der Waals surface area contributed by atoms with Crippen LogP contribution in [0.1, 0.15) is 48.2 Å². The number of ether oxygens (including phenoxy) is 2. The van der Waals surface area contributed by atoms with Gasteiger partial charge in [-0.15, -0.1) is 0 Å². The van der Waals surface area contributed by atoms with Gasteiger partial charge < -0.3 is 24.3 Å². The first-order chi connectivity index (χ1) is 29.0. The second kappa shape index (κ2) is 15.9. The molecule has 10 nitrogen and oxygen atoms in total. The fraction of sp³-hybridized carbons (Fsp3) is 0.333. The van der Waals surface area contributed by atoms with E-state index in [4.69, 9.17) is 37.7 Å². The number of benzene rings is 3. The largest absolute Gasteiger partial charge is 0.472 e. The lowest BCUT2D eigenvalue weighted by atomic mass is 9.79. The number of likely N-dealkylation sites (tertiary alicyclic amines) is 1. The lowest BCUT2D eigenvalue weighted by molar-refractivity contribution is 0.111. The highest BCUT2D eigenvalue weighted by molar-refractivity contribution is 6.43. The predicted molar refractivity (Wildman–Crippen MR) is 223 cm³/mol.